The number of carbonyl (C=O) groups excluding carboxylic acids is 1. The number of piperazine rings is 1. The van der Waals surface area contributed by atoms with E-state index in [2.05, 4.69) is 27.1 Å². The van der Waals surface area contributed by atoms with Crippen molar-refractivity contribution in [2.24, 2.45) is 0 Å². The summed E-state index contributed by atoms with van der Waals surface area (Å²) in [6.07, 6.45) is 3.28. The second kappa shape index (κ2) is 6.36. The molecule has 1 aromatic rings. The number of hydrogen-bond acceptors (Lipinski definition) is 6. The number of amides is 1. The Kier molecular flexibility index (Phi) is 4.31. The summed E-state index contributed by atoms with van der Waals surface area (Å²) in [4.78, 5) is 25.1. The van der Waals surface area contributed by atoms with Crippen molar-refractivity contribution in [3.05, 3.63) is 18.1 Å². The second-order valence-electron chi connectivity index (χ2n) is 5.47. The van der Waals surface area contributed by atoms with E-state index in [4.69, 9.17) is 4.74 Å². The van der Waals surface area contributed by atoms with Crippen LogP contribution in [-0.2, 0) is 4.74 Å². The van der Waals surface area contributed by atoms with Crippen LogP contribution in [-0.4, -0.2) is 72.8 Å². The summed E-state index contributed by atoms with van der Waals surface area (Å²) in [5, 5.41) is 3.39. The number of aromatic nitrogens is 2. The summed E-state index contributed by atoms with van der Waals surface area (Å²) < 4.78 is 5.27. The highest BCUT2D eigenvalue weighted by molar-refractivity contribution is 5.92. The van der Waals surface area contributed by atoms with Crippen molar-refractivity contribution in [2.75, 3.05) is 50.8 Å². The smallest absolute Gasteiger partial charge is 0.274 e. The van der Waals surface area contributed by atoms with Gasteiger partial charge in [-0.2, -0.15) is 0 Å². The summed E-state index contributed by atoms with van der Waals surface area (Å²) in [5.74, 6) is 0.721. The molecule has 114 valence electrons. The van der Waals surface area contributed by atoms with Crippen LogP contribution in [0.3, 0.4) is 0 Å². The van der Waals surface area contributed by atoms with Crippen molar-refractivity contribution in [2.45, 2.75) is 13.0 Å². The van der Waals surface area contributed by atoms with E-state index in [1.807, 2.05) is 0 Å². The molecule has 2 aliphatic rings. The third kappa shape index (κ3) is 3.30. The minimum Gasteiger partial charge on any atom is -0.378 e. The molecule has 7 nitrogen and oxygen atoms in total. The molecule has 3 heterocycles. The highest BCUT2D eigenvalue weighted by Gasteiger charge is 2.22. The first kappa shape index (κ1) is 14.2. The molecule has 1 amide bonds. The molecule has 0 aromatic carbocycles. The molecule has 3 rings (SSSR count). The van der Waals surface area contributed by atoms with Crippen LogP contribution in [0.5, 0.6) is 0 Å². The Balaban J connectivity index is 1.74. The number of ether oxygens (including phenoxy) is 1. The molecule has 0 spiro atoms. The van der Waals surface area contributed by atoms with Gasteiger partial charge < -0.3 is 19.9 Å². The van der Waals surface area contributed by atoms with Gasteiger partial charge in [-0.3, -0.25) is 9.78 Å². The topological polar surface area (TPSA) is 70.6 Å². The molecule has 2 aliphatic heterocycles. The van der Waals surface area contributed by atoms with Crippen molar-refractivity contribution in [1.82, 2.24) is 20.2 Å². The van der Waals surface area contributed by atoms with Crippen molar-refractivity contribution in [1.29, 1.82) is 0 Å². The lowest BCUT2D eigenvalue weighted by Gasteiger charge is -2.32. The van der Waals surface area contributed by atoms with Crippen LogP contribution in [0, 0.1) is 0 Å². The summed E-state index contributed by atoms with van der Waals surface area (Å²) in [7, 11) is 0. The Labute approximate surface area is 124 Å². The van der Waals surface area contributed by atoms with Crippen molar-refractivity contribution < 1.29 is 9.53 Å². The second-order valence-corrected chi connectivity index (χ2v) is 5.47. The van der Waals surface area contributed by atoms with Gasteiger partial charge in [0.1, 0.15) is 11.5 Å². The standard InChI is InChI=1S/C14H21N5O2/c1-11-10-19(3-2-16-11)13-9-15-8-12(17-13)14(20)18-4-6-21-7-5-18/h8-9,11,16H,2-7,10H2,1H3/t11-/m0/s1. The third-order valence-electron chi connectivity index (χ3n) is 3.83. The largest absolute Gasteiger partial charge is 0.378 e. The van der Waals surface area contributed by atoms with Crippen molar-refractivity contribution in [3.63, 3.8) is 0 Å². The number of anilines is 1. The molecule has 0 saturated carbocycles. The zero-order valence-electron chi connectivity index (χ0n) is 12.3. The molecule has 0 radical (unpaired) electrons. The Morgan fingerprint density at radius 2 is 2.14 bits per heavy atom. The van der Waals surface area contributed by atoms with Crippen LogP contribution < -0.4 is 10.2 Å². The van der Waals surface area contributed by atoms with E-state index in [0.717, 1.165) is 25.5 Å². The van der Waals surface area contributed by atoms with Gasteiger partial charge in [0.2, 0.25) is 0 Å². The predicted octanol–water partition coefficient (Wildman–Crippen LogP) is -0.253. The van der Waals surface area contributed by atoms with Gasteiger partial charge in [-0.15, -0.1) is 0 Å². The number of morpholine rings is 1. The number of nitrogens with one attached hydrogen (secondary N) is 1. The number of hydrogen-bond donors (Lipinski definition) is 1. The Hall–Kier alpha value is -1.73. The highest BCUT2D eigenvalue weighted by atomic mass is 16.5. The molecule has 1 N–H and O–H groups in total. The molecule has 2 saturated heterocycles. The fourth-order valence-electron chi connectivity index (χ4n) is 2.68. The minimum absolute atomic E-state index is 0.0594. The van der Waals surface area contributed by atoms with E-state index in [1.165, 1.54) is 0 Å². The molecular weight excluding hydrogens is 270 g/mol. The van der Waals surface area contributed by atoms with E-state index in [9.17, 15) is 4.79 Å². The lowest BCUT2D eigenvalue weighted by atomic mass is 10.2. The number of rotatable bonds is 2. The maximum atomic E-state index is 12.4. The maximum absolute atomic E-state index is 12.4. The molecule has 1 aromatic heterocycles. The van der Waals surface area contributed by atoms with E-state index in [0.29, 0.717) is 38.0 Å². The summed E-state index contributed by atoms with van der Waals surface area (Å²) in [6, 6.07) is 0.416. The monoisotopic (exact) mass is 291 g/mol. The fourth-order valence-corrected chi connectivity index (χ4v) is 2.68. The van der Waals surface area contributed by atoms with Gasteiger partial charge in [0, 0.05) is 38.8 Å². The molecular formula is C14H21N5O2. The first-order chi connectivity index (χ1) is 10.2. The van der Waals surface area contributed by atoms with Gasteiger partial charge in [0.05, 0.1) is 25.6 Å². The molecule has 2 fully saturated rings. The summed E-state index contributed by atoms with van der Waals surface area (Å²) >= 11 is 0. The predicted molar refractivity (Wildman–Crippen MR) is 78.4 cm³/mol. The maximum Gasteiger partial charge on any atom is 0.274 e. The Morgan fingerprint density at radius 3 is 2.90 bits per heavy atom. The van der Waals surface area contributed by atoms with Crippen LogP contribution >= 0.6 is 0 Å². The van der Waals surface area contributed by atoms with Crippen LogP contribution in [0.25, 0.3) is 0 Å². The summed E-state index contributed by atoms with van der Waals surface area (Å²) in [5.41, 5.74) is 0.417. The normalized spacial score (nSPS) is 23.2. The van der Waals surface area contributed by atoms with Gasteiger partial charge in [0.15, 0.2) is 0 Å². The van der Waals surface area contributed by atoms with Crippen molar-refractivity contribution >= 4 is 11.7 Å². The molecule has 1 atom stereocenters. The van der Waals surface area contributed by atoms with Crippen LogP contribution in [0.4, 0.5) is 5.82 Å². The quantitative estimate of drug-likeness (QED) is 0.810. The van der Waals surface area contributed by atoms with Crippen LogP contribution in [0.2, 0.25) is 0 Å². The minimum atomic E-state index is -0.0594. The first-order valence-corrected chi connectivity index (χ1v) is 7.41. The van der Waals surface area contributed by atoms with E-state index in [-0.39, 0.29) is 5.91 Å². The zero-order valence-corrected chi connectivity index (χ0v) is 12.3. The zero-order chi connectivity index (χ0) is 14.7. The average molecular weight is 291 g/mol. The lowest BCUT2D eigenvalue weighted by molar-refractivity contribution is 0.0299. The Bertz CT molecular complexity index is 504. The highest BCUT2D eigenvalue weighted by Crippen LogP contribution is 2.13. The van der Waals surface area contributed by atoms with Crippen LogP contribution in [0.15, 0.2) is 12.4 Å². The van der Waals surface area contributed by atoms with Gasteiger partial charge >= 0.3 is 0 Å². The first-order valence-electron chi connectivity index (χ1n) is 7.41. The van der Waals surface area contributed by atoms with E-state index in [1.54, 1.807) is 17.3 Å². The summed E-state index contributed by atoms with van der Waals surface area (Å²) in [6.45, 7) is 7.25. The van der Waals surface area contributed by atoms with E-state index >= 15 is 0 Å². The lowest BCUT2D eigenvalue weighted by Crippen LogP contribution is -2.49. The van der Waals surface area contributed by atoms with Gasteiger partial charge in [-0.1, -0.05) is 0 Å². The van der Waals surface area contributed by atoms with Crippen molar-refractivity contribution in [3.8, 4) is 0 Å². The van der Waals surface area contributed by atoms with E-state index < -0.39 is 0 Å². The average Bonchev–Trinajstić information content (AvgIpc) is 2.55. The number of nitrogens with zero attached hydrogens (tertiary/aromatic N) is 4. The van der Waals surface area contributed by atoms with Crippen LogP contribution in [0.1, 0.15) is 17.4 Å². The fraction of sp³-hybridized carbons (Fsp3) is 0.643. The molecule has 0 bridgehead atoms. The van der Waals surface area contributed by atoms with Gasteiger partial charge in [-0.05, 0) is 6.92 Å². The van der Waals surface area contributed by atoms with Gasteiger partial charge in [-0.25, -0.2) is 4.98 Å². The van der Waals surface area contributed by atoms with Gasteiger partial charge in [0.25, 0.3) is 5.91 Å². The number of carbonyl (C=O) groups is 1. The molecule has 0 aliphatic carbocycles. The SMILES string of the molecule is C[C@H]1CN(c2cncc(C(=O)N3CCOCC3)n2)CCN1. The Morgan fingerprint density at radius 1 is 1.33 bits per heavy atom. The molecule has 0 unspecified atom stereocenters. The third-order valence-corrected chi connectivity index (χ3v) is 3.83. The molecule has 7 heteroatoms. The molecule has 21 heavy (non-hydrogen) atoms.